The van der Waals surface area contributed by atoms with Gasteiger partial charge in [-0.1, -0.05) is 19.1 Å². The molecule has 6 nitrogen and oxygen atoms in total. The van der Waals surface area contributed by atoms with Gasteiger partial charge in [-0.2, -0.15) is 4.36 Å². The molecule has 138 valence electrons. The van der Waals surface area contributed by atoms with Crippen LogP contribution >= 0.6 is 0 Å². The summed E-state index contributed by atoms with van der Waals surface area (Å²) in [4.78, 5) is 19.5. The first kappa shape index (κ1) is 18.5. The third-order valence-electron chi connectivity index (χ3n) is 4.52. The van der Waals surface area contributed by atoms with Crippen molar-refractivity contribution in [3.63, 3.8) is 0 Å². The molecule has 1 N–H and O–H groups in total. The van der Waals surface area contributed by atoms with E-state index in [9.17, 15) is 14.1 Å². The van der Waals surface area contributed by atoms with Crippen LogP contribution in [0.4, 0.5) is 5.82 Å². The van der Waals surface area contributed by atoms with Gasteiger partial charge in [0.1, 0.15) is 5.82 Å². The van der Waals surface area contributed by atoms with Crippen LogP contribution in [0, 0.1) is 5.92 Å². The number of aliphatic hydroxyl groups excluding tert-OH is 1. The van der Waals surface area contributed by atoms with Crippen molar-refractivity contribution in [1.29, 1.82) is 0 Å². The number of pyridine rings is 1. The highest BCUT2D eigenvalue weighted by molar-refractivity contribution is 7.93. The molecule has 0 radical (unpaired) electrons. The van der Waals surface area contributed by atoms with E-state index >= 15 is 0 Å². The van der Waals surface area contributed by atoms with E-state index in [0.717, 1.165) is 25.3 Å². The van der Waals surface area contributed by atoms with Gasteiger partial charge in [0.2, 0.25) is 0 Å². The fourth-order valence-corrected chi connectivity index (χ4v) is 4.24. The van der Waals surface area contributed by atoms with Crippen molar-refractivity contribution in [1.82, 2.24) is 4.98 Å². The Morgan fingerprint density at radius 2 is 2.19 bits per heavy atom. The summed E-state index contributed by atoms with van der Waals surface area (Å²) in [7, 11) is -2.90. The van der Waals surface area contributed by atoms with Gasteiger partial charge in [-0.3, -0.25) is 4.79 Å². The monoisotopic (exact) mass is 373 g/mol. The molecule has 1 saturated heterocycles. The van der Waals surface area contributed by atoms with E-state index in [4.69, 9.17) is 0 Å². The number of aromatic nitrogens is 1. The van der Waals surface area contributed by atoms with Crippen LogP contribution in [0.25, 0.3) is 0 Å². The van der Waals surface area contributed by atoms with Crippen LogP contribution in [-0.4, -0.2) is 39.6 Å². The SMILES string of the molecule is CC1CCN(c2cc(C(=O)N=S(C)(=O)c3cccc(CO)c3)ccn2)C1. The van der Waals surface area contributed by atoms with E-state index in [1.54, 1.807) is 42.6 Å². The van der Waals surface area contributed by atoms with Crippen LogP contribution < -0.4 is 4.90 Å². The molecule has 1 fully saturated rings. The molecule has 1 aromatic carbocycles. The normalized spacial score (nSPS) is 19.2. The summed E-state index contributed by atoms with van der Waals surface area (Å²) < 4.78 is 16.9. The van der Waals surface area contributed by atoms with E-state index in [1.807, 2.05) is 0 Å². The van der Waals surface area contributed by atoms with Crippen molar-refractivity contribution < 1.29 is 14.1 Å². The van der Waals surface area contributed by atoms with Gasteiger partial charge in [0.15, 0.2) is 0 Å². The average molecular weight is 373 g/mol. The minimum absolute atomic E-state index is 0.153. The molecule has 7 heteroatoms. The summed E-state index contributed by atoms with van der Waals surface area (Å²) in [6.07, 6.45) is 4.13. The third kappa shape index (κ3) is 4.11. The van der Waals surface area contributed by atoms with E-state index in [2.05, 4.69) is 21.2 Å². The lowest BCUT2D eigenvalue weighted by molar-refractivity contribution is 0.100. The Labute approximate surface area is 154 Å². The van der Waals surface area contributed by atoms with Crippen LogP contribution in [0.15, 0.2) is 51.9 Å². The Kier molecular flexibility index (Phi) is 5.38. The van der Waals surface area contributed by atoms with Crippen LogP contribution in [0.2, 0.25) is 0 Å². The van der Waals surface area contributed by atoms with Crippen LogP contribution in [0.5, 0.6) is 0 Å². The Hall–Kier alpha value is -2.25. The summed E-state index contributed by atoms with van der Waals surface area (Å²) in [5.41, 5.74) is 1.01. The van der Waals surface area contributed by atoms with Crippen molar-refractivity contribution >= 4 is 21.5 Å². The number of hydrogen-bond acceptors (Lipinski definition) is 5. The largest absolute Gasteiger partial charge is 0.392 e. The molecule has 2 unspecified atom stereocenters. The molecular formula is C19H23N3O3S. The molecule has 0 bridgehead atoms. The first-order chi connectivity index (χ1) is 12.4. The zero-order valence-corrected chi connectivity index (χ0v) is 15.8. The maximum atomic E-state index is 12.9. The number of hydrogen-bond donors (Lipinski definition) is 1. The van der Waals surface area contributed by atoms with Crippen LogP contribution in [0.1, 0.15) is 29.3 Å². The number of anilines is 1. The number of carbonyl (C=O) groups is 1. The van der Waals surface area contributed by atoms with Crippen molar-refractivity contribution in [2.45, 2.75) is 24.8 Å². The first-order valence-electron chi connectivity index (χ1n) is 8.56. The smallest absolute Gasteiger partial charge is 0.285 e. The lowest BCUT2D eigenvalue weighted by Crippen LogP contribution is -2.20. The van der Waals surface area contributed by atoms with Gasteiger partial charge in [-0.15, -0.1) is 0 Å². The van der Waals surface area contributed by atoms with Gasteiger partial charge in [-0.25, -0.2) is 9.19 Å². The summed E-state index contributed by atoms with van der Waals surface area (Å²) in [5.74, 6) is 0.831. The van der Waals surface area contributed by atoms with E-state index in [1.165, 1.54) is 6.26 Å². The summed E-state index contributed by atoms with van der Waals surface area (Å²) in [6, 6.07) is 10.00. The molecular weight excluding hydrogens is 350 g/mol. The lowest BCUT2D eigenvalue weighted by atomic mass is 10.2. The zero-order chi connectivity index (χ0) is 18.7. The predicted molar refractivity (Wildman–Crippen MR) is 102 cm³/mol. The van der Waals surface area contributed by atoms with Gasteiger partial charge in [0.25, 0.3) is 5.91 Å². The molecule has 1 aliphatic heterocycles. The molecule has 3 rings (SSSR count). The molecule has 2 heterocycles. The third-order valence-corrected chi connectivity index (χ3v) is 6.16. The van der Waals surface area contributed by atoms with Crippen molar-refractivity contribution in [2.75, 3.05) is 24.2 Å². The van der Waals surface area contributed by atoms with Crippen LogP contribution in [0.3, 0.4) is 0 Å². The predicted octanol–water partition coefficient (Wildman–Crippen LogP) is 2.72. The molecule has 2 atom stereocenters. The Balaban J connectivity index is 1.89. The van der Waals surface area contributed by atoms with Crippen molar-refractivity contribution in [3.05, 3.63) is 53.7 Å². The van der Waals surface area contributed by atoms with Gasteiger partial charge < -0.3 is 10.0 Å². The highest BCUT2D eigenvalue weighted by atomic mass is 32.2. The zero-order valence-electron chi connectivity index (χ0n) is 15.0. The van der Waals surface area contributed by atoms with Gasteiger partial charge in [0.05, 0.1) is 16.3 Å². The molecule has 0 saturated carbocycles. The van der Waals surface area contributed by atoms with Crippen LogP contribution in [-0.2, 0) is 16.3 Å². The fraction of sp³-hybridized carbons (Fsp3) is 0.368. The minimum Gasteiger partial charge on any atom is -0.392 e. The number of benzene rings is 1. The van der Waals surface area contributed by atoms with E-state index in [-0.39, 0.29) is 6.61 Å². The molecule has 1 amide bonds. The summed E-state index contributed by atoms with van der Waals surface area (Å²) >= 11 is 0. The highest BCUT2D eigenvalue weighted by Gasteiger charge is 2.21. The Bertz CT molecular complexity index is 935. The number of aliphatic hydroxyl groups is 1. The molecule has 0 spiro atoms. The molecule has 0 aliphatic carbocycles. The first-order valence-corrected chi connectivity index (χ1v) is 10.5. The van der Waals surface area contributed by atoms with Gasteiger partial charge in [0, 0.05) is 36.0 Å². The van der Waals surface area contributed by atoms with Gasteiger partial charge in [-0.05, 0) is 42.2 Å². The minimum atomic E-state index is -2.90. The fourth-order valence-electron chi connectivity index (χ4n) is 3.01. The molecule has 2 aromatic rings. The second kappa shape index (κ2) is 7.55. The highest BCUT2D eigenvalue weighted by Crippen LogP contribution is 2.23. The number of amides is 1. The number of rotatable bonds is 4. The second-order valence-corrected chi connectivity index (χ2v) is 9.01. The van der Waals surface area contributed by atoms with Gasteiger partial charge >= 0.3 is 0 Å². The van der Waals surface area contributed by atoms with Crippen molar-refractivity contribution in [3.8, 4) is 0 Å². The molecule has 1 aliphatic rings. The maximum absolute atomic E-state index is 12.9. The Morgan fingerprint density at radius 1 is 1.38 bits per heavy atom. The quantitative estimate of drug-likeness (QED) is 0.891. The molecule has 26 heavy (non-hydrogen) atoms. The molecule has 1 aromatic heterocycles. The second-order valence-electron chi connectivity index (χ2n) is 6.75. The average Bonchev–Trinajstić information content (AvgIpc) is 3.08. The number of nitrogens with zero attached hydrogens (tertiary/aromatic N) is 3. The van der Waals surface area contributed by atoms with E-state index in [0.29, 0.717) is 21.9 Å². The Morgan fingerprint density at radius 3 is 2.88 bits per heavy atom. The van der Waals surface area contributed by atoms with E-state index < -0.39 is 15.6 Å². The summed E-state index contributed by atoms with van der Waals surface area (Å²) in [6.45, 7) is 3.87. The summed E-state index contributed by atoms with van der Waals surface area (Å²) in [5, 5.41) is 9.24. The number of carbonyl (C=O) groups excluding carboxylic acids is 1. The maximum Gasteiger partial charge on any atom is 0.285 e. The van der Waals surface area contributed by atoms with Crippen molar-refractivity contribution in [2.24, 2.45) is 10.3 Å². The topological polar surface area (TPSA) is 82.9 Å². The standard InChI is InChI=1S/C19H23N3O3S/c1-14-7-9-22(12-14)18-11-16(6-8-20-18)19(24)21-26(2,25)17-5-3-4-15(10-17)13-23/h3-6,8,10-11,14,23H,7,9,12-13H2,1-2H3. The lowest BCUT2D eigenvalue weighted by Gasteiger charge is -2.17.